The van der Waals surface area contributed by atoms with Crippen molar-refractivity contribution < 1.29 is 4.79 Å². The van der Waals surface area contributed by atoms with E-state index in [-0.39, 0.29) is 11.9 Å². The summed E-state index contributed by atoms with van der Waals surface area (Å²) in [5, 5.41) is 3.57. The minimum Gasteiger partial charge on any atom is -0.392 e. The van der Waals surface area contributed by atoms with Crippen LogP contribution in [0, 0.1) is 5.92 Å². The molecule has 1 fully saturated rings. The zero-order valence-corrected chi connectivity index (χ0v) is 11.4. The molecule has 1 saturated carbocycles. The number of hydrogen-bond donors (Lipinski definition) is 2. The molecule has 0 heterocycles. The first kappa shape index (κ1) is 13.3. The standard InChI is InChI=1S/C13H15ClN2OS/c14-10-5-1-8(2-6-10)7-11(17)16-12(13(15)18)9-3-4-9/h1-2,5-6,9,12H,3-4,7H2,(H2,15,18)(H,16,17). The zero-order chi connectivity index (χ0) is 13.1. The van der Waals surface area contributed by atoms with E-state index in [0.29, 0.717) is 22.3 Å². The highest BCUT2D eigenvalue weighted by Crippen LogP contribution is 2.32. The Balaban J connectivity index is 1.91. The van der Waals surface area contributed by atoms with Gasteiger partial charge in [-0.15, -0.1) is 0 Å². The Hall–Kier alpha value is -1.13. The Morgan fingerprint density at radius 3 is 2.56 bits per heavy atom. The van der Waals surface area contributed by atoms with Gasteiger partial charge in [-0.1, -0.05) is 36.0 Å². The first-order valence-electron chi connectivity index (χ1n) is 5.89. The summed E-state index contributed by atoms with van der Waals surface area (Å²) in [6.45, 7) is 0. The van der Waals surface area contributed by atoms with E-state index in [1.54, 1.807) is 12.1 Å². The molecule has 0 aliphatic heterocycles. The molecular weight excluding hydrogens is 268 g/mol. The molecule has 0 spiro atoms. The number of carbonyl (C=O) groups excluding carboxylic acids is 1. The van der Waals surface area contributed by atoms with Crippen LogP contribution in [0.25, 0.3) is 0 Å². The fraction of sp³-hybridized carbons (Fsp3) is 0.385. The zero-order valence-electron chi connectivity index (χ0n) is 9.86. The summed E-state index contributed by atoms with van der Waals surface area (Å²) in [4.78, 5) is 12.3. The fourth-order valence-corrected chi connectivity index (χ4v) is 2.24. The molecule has 3 N–H and O–H groups in total. The van der Waals surface area contributed by atoms with Crippen molar-refractivity contribution in [2.24, 2.45) is 11.7 Å². The largest absolute Gasteiger partial charge is 0.392 e. The Bertz CT molecular complexity index is 457. The van der Waals surface area contributed by atoms with Gasteiger partial charge in [-0.05, 0) is 36.5 Å². The van der Waals surface area contributed by atoms with Crippen molar-refractivity contribution in [1.82, 2.24) is 5.32 Å². The molecule has 1 unspecified atom stereocenters. The van der Waals surface area contributed by atoms with Gasteiger partial charge in [0.15, 0.2) is 0 Å². The lowest BCUT2D eigenvalue weighted by Crippen LogP contribution is -2.45. The quantitative estimate of drug-likeness (QED) is 0.813. The third-order valence-electron chi connectivity index (χ3n) is 2.99. The maximum Gasteiger partial charge on any atom is 0.224 e. The van der Waals surface area contributed by atoms with Gasteiger partial charge in [0.2, 0.25) is 5.91 Å². The molecule has 0 bridgehead atoms. The number of rotatable bonds is 5. The number of nitrogens with one attached hydrogen (secondary N) is 1. The van der Waals surface area contributed by atoms with Crippen LogP contribution in [0.3, 0.4) is 0 Å². The van der Waals surface area contributed by atoms with Crippen molar-refractivity contribution in [2.45, 2.75) is 25.3 Å². The SMILES string of the molecule is NC(=S)C(NC(=O)Cc1ccc(Cl)cc1)C1CC1. The maximum absolute atomic E-state index is 11.9. The number of amides is 1. The van der Waals surface area contributed by atoms with E-state index in [9.17, 15) is 4.79 Å². The Labute approximate surface area is 117 Å². The third kappa shape index (κ3) is 3.68. The third-order valence-corrected chi connectivity index (χ3v) is 3.50. The molecule has 1 amide bonds. The van der Waals surface area contributed by atoms with Crippen LogP contribution in [-0.4, -0.2) is 16.9 Å². The molecule has 1 aromatic carbocycles. The summed E-state index contributed by atoms with van der Waals surface area (Å²) in [6.07, 6.45) is 2.50. The van der Waals surface area contributed by atoms with E-state index in [4.69, 9.17) is 29.6 Å². The number of thiocarbonyl (C=S) groups is 1. The van der Waals surface area contributed by atoms with E-state index in [1.165, 1.54) is 0 Å². The summed E-state index contributed by atoms with van der Waals surface area (Å²) >= 11 is 10.8. The highest BCUT2D eigenvalue weighted by atomic mass is 35.5. The number of hydrogen-bond acceptors (Lipinski definition) is 2. The average Bonchev–Trinajstić information content (AvgIpc) is 3.13. The van der Waals surface area contributed by atoms with Gasteiger partial charge in [0, 0.05) is 5.02 Å². The van der Waals surface area contributed by atoms with Crippen molar-refractivity contribution in [2.75, 3.05) is 0 Å². The summed E-state index contributed by atoms with van der Waals surface area (Å²) < 4.78 is 0. The minimum atomic E-state index is -0.153. The minimum absolute atomic E-state index is 0.0537. The molecule has 96 valence electrons. The number of carbonyl (C=O) groups is 1. The monoisotopic (exact) mass is 282 g/mol. The molecule has 1 aliphatic rings. The first-order chi connectivity index (χ1) is 8.56. The number of nitrogens with two attached hydrogens (primary N) is 1. The lowest BCUT2D eigenvalue weighted by atomic mass is 10.1. The Morgan fingerprint density at radius 2 is 2.06 bits per heavy atom. The van der Waals surface area contributed by atoms with Crippen molar-refractivity contribution in [1.29, 1.82) is 0 Å². The molecule has 0 saturated heterocycles. The van der Waals surface area contributed by atoms with E-state index in [1.807, 2.05) is 12.1 Å². The number of benzene rings is 1. The Kier molecular flexibility index (Phi) is 4.19. The van der Waals surface area contributed by atoms with Gasteiger partial charge < -0.3 is 11.1 Å². The molecular formula is C13H15ClN2OS. The molecule has 1 atom stereocenters. The van der Waals surface area contributed by atoms with E-state index < -0.39 is 0 Å². The fourth-order valence-electron chi connectivity index (χ4n) is 1.86. The van der Waals surface area contributed by atoms with E-state index in [2.05, 4.69) is 5.32 Å². The second-order valence-corrected chi connectivity index (χ2v) is 5.50. The lowest BCUT2D eigenvalue weighted by Gasteiger charge is -2.16. The maximum atomic E-state index is 11.9. The van der Waals surface area contributed by atoms with Crippen molar-refractivity contribution in [3.63, 3.8) is 0 Å². The predicted octanol–water partition coefficient (Wildman–Crippen LogP) is 2.06. The normalized spacial score (nSPS) is 16.1. The predicted molar refractivity (Wildman–Crippen MR) is 76.6 cm³/mol. The second-order valence-electron chi connectivity index (χ2n) is 4.59. The van der Waals surface area contributed by atoms with Crippen LogP contribution >= 0.6 is 23.8 Å². The summed E-state index contributed by atoms with van der Waals surface area (Å²) in [5.41, 5.74) is 6.56. The van der Waals surface area contributed by atoms with Crippen LogP contribution in [0.5, 0.6) is 0 Å². The molecule has 0 radical (unpaired) electrons. The summed E-state index contributed by atoms with van der Waals surface area (Å²) in [7, 11) is 0. The van der Waals surface area contributed by atoms with Crippen LogP contribution in [0.2, 0.25) is 5.02 Å². The van der Waals surface area contributed by atoms with E-state index in [0.717, 1.165) is 18.4 Å². The van der Waals surface area contributed by atoms with Gasteiger partial charge in [0.05, 0.1) is 17.5 Å². The molecule has 0 aromatic heterocycles. The van der Waals surface area contributed by atoms with Gasteiger partial charge in [-0.3, -0.25) is 4.79 Å². The Morgan fingerprint density at radius 1 is 1.44 bits per heavy atom. The summed E-state index contributed by atoms with van der Waals surface area (Å²) in [5.74, 6) is 0.374. The molecule has 2 rings (SSSR count). The smallest absolute Gasteiger partial charge is 0.224 e. The van der Waals surface area contributed by atoms with Crippen molar-refractivity contribution in [3.8, 4) is 0 Å². The van der Waals surface area contributed by atoms with Gasteiger partial charge in [0.1, 0.15) is 0 Å². The topological polar surface area (TPSA) is 55.1 Å². The highest BCUT2D eigenvalue weighted by Gasteiger charge is 2.33. The average molecular weight is 283 g/mol. The number of halogens is 1. The second kappa shape index (κ2) is 5.67. The van der Waals surface area contributed by atoms with Crippen LogP contribution in [0.15, 0.2) is 24.3 Å². The highest BCUT2D eigenvalue weighted by molar-refractivity contribution is 7.80. The molecule has 18 heavy (non-hydrogen) atoms. The van der Waals surface area contributed by atoms with Crippen LogP contribution in [0.1, 0.15) is 18.4 Å². The first-order valence-corrected chi connectivity index (χ1v) is 6.68. The van der Waals surface area contributed by atoms with Crippen LogP contribution in [0.4, 0.5) is 0 Å². The van der Waals surface area contributed by atoms with Crippen LogP contribution in [-0.2, 0) is 11.2 Å². The van der Waals surface area contributed by atoms with Gasteiger partial charge in [0.25, 0.3) is 0 Å². The molecule has 1 aromatic rings. The lowest BCUT2D eigenvalue weighted by molar-refractivity contribution is -0.120. The van der Waals surface area contributed by atoms with E-state index >= 15 is 0 Å². The van der Waals surface area contributed by atoms with Crippen molar-refractivity contribution in [3.05, 3.63) is 34.9 Å². The molecule has 5 heteroatoms. The summed E-state index contributed by atoms with van der Waals surface area (Å²) in [6, 6.07) is 7.08. The van der Waals surface area contributed by atoms with Crippen LogP contribution < -0.4 is 11.1 Å². The van der Waals surface area contributed by atoms with Gasteiger partial charge in [-0.2, -0.15) is 0 Å². The molecule has 1 aliphatic carbocycles. The van der Waals surface area contributed by atoms with Gasteiger partial charge >= 0.3 is 0 Å². The van der Waals surface area contributed by atoms with Gasteiger partial charge in [-0.25, -0.2) is 0 Å². The van der Waals surface area contributed by atoms with Crippen molar-refractivity contribution >= 4 is 34.7 Å². The molecule has 3 nitrogen and oxygen atoms in total.